The molecule has 0 aromatic heterocycles. The van der Waals surface area contributed by atoms with E-state index in [2.05, 4.69) is 4.74 Å². The Morgan fingerprint density at radius 1 is 1.57 bits per heavy atom. The maximum atomic E-state index is 10.7. The molecule has 1 unspecified atom stereocenters. The first-order valence-corrected chi connectivity index (χ1v) is 4.80. The first-order chi connectivity index (χ1) is 6.83. The zero-order chi connectivity index (χ0) is 10.2. The number of hydrogen-bond donors (Lipinski definition) is 0. The zero-order valence-corrected chi connectivity index (χ0v) is 8.40. The van der Waals surface area contributed by atoms with Crippen LogP contribution >= 0.6 is 0 Å². The van der Waals surface area contributed by atoms with Crippen LogP contribution in [0.4, 0.5) is 0 Å². The van der Waals surface area contributed by atoms with Gasteiger partial charge in [0.05, 0.1) is 13.7 Å². The lowest BCUT2D eigenvalue weighted by Crippen LogP contribution is -2.22. The summed E-state index contributed by atoms with van der Waals surface area (Å²) in [7, 11) is 1.35. The summed E-state index contributed by atoms with van der Waals surface area (Å²) >= 11 is 0. The Balaban J connectivity index is 2.07. The highest BCUT2D eigenvalue weighted by atomic mass is 16.7. The summed E-state index contributed by atoms with van der Waals surface area (Å²) in [5.41, 5.74) is 0. The molecule has 1 heterocycles. The quantitative estimate of drug-likeness (QED) is 0.506. The predicted molar refractivity (Wildman–Crippen MR) is 50.7 cm³/mol. The molecule has 0 aromatic rings. The molecule has 0 saturated carbocycles. The standard InChI is InChI=1S/C10H16O4/c1-12-9(11)5-4-8-14-10-6-2-3-7-13-10/h4-5,10H,2-3,6-8H2,1H3. The van der Waals surface area contributed by atoms with Gasteiger partial charge in [0, 0.05) is 12.7 Å². The molecule has 0 amide bonds. The summed E-state index contributed by atoms with van der Waals surface area (Å²) in [4.78, 5) is 10.7. The number of esters is 1. The van der Waals surface area contributed by atoms with E-state index in [9.17, 15) is 4.79 Å². The van der Waals surface area contributed by atoms with Gasteiger partial charge < -0.3 is 14.2 Å². The van der Waals surface area contributed by atoms with Gasteiger partial charge >= 0.3 is 5.97 Å². The number of carbonyl (C=O) groups is 1. The van der Waals surface area contributed by atoms with Crippen LogP contribution in [0.1, 0.15) is 19.3 Å². The molecular weight excluding hydrogens is 184 g/mol. The first-order valence-electron chi connectivity index (χ1n) is 4.80. The second-order valence-corrected chi connectivity index (χ2v) is 3.05. The summed E-state index contributed by atoms with van der Waals surface area (Å²) in [6.45, 7) is 1.16. The molecule has 0 aromatic carbocycles. The highest BCUT2D eigenvalue weighted by Crippen LogP contribution is 2.13. The Labute approximate surface area is 83.8 Å². The van der Waals surface area contributed by atoms with E-state index in [1.807, 2.05) is 0 Å². The minimum atomic E-state index is -0.363. The van der Waals surface area contributed by atoms with Crippen molar-refractivity contribution >= 4 is 5.97 Å². The summed E-state index contributed by atoms with van der Waals surface area (Å²) in [5, 5.41) is 0. The fourth-order valence-electron chi connectivity index (χ4n) is 1.22. The van der Waals surface area contributed by atoms with Crippen LogP contribution in [0.3, 0.4) is 0 Å². The average Bonchev–Trinajstić information content (AvgIpc) is 2.25. The lowest BCUT2D eigenvalue weighted by Gasteiger charge is -2.21. The molecule has 14 heavy (non-hydrogen) atoms. The highest BCUT2D eigenvalue weighted by molar-refractivity contribution is 5.81. The minimum Gasteiger partial charge on any atom is -0.466 e. The van der Waals surface area contributed by atoms with E-state index in [1.54, 1.807) is 6.08 Å². The third-order valence-electron chi connectivity index (χ3n) is 1.97. The fourth-order valence-corrected chi connectivity index (χ4v) is 1.22. The van der Waals surface area contributed by atoms with Gasteiger partial charge in [-0.15, -0.1) is 0 Å². The Bertz CT molecular complexity index is 194. The molecule has 0 bridgehead atoms. The molecule has 4 nitrogen and oxygen atoms in total. The monoisotopic (exact) mass is 200 g/mol. The van der Waals surface area contributed by atoms with Crippen molar-refractivity contribution in [3.63, 3.8) is 0 Å². The first kappa shape index (κ1) is 11.2. The van der Waals surface area contributed by atoms with E-state index in [4.69, 9.17) is 9.47 Å². The lowest BCUT2D eigenvalue weighted by molar-refractivity contribution is -0.155. The fraction of sp³-hybridized carbons (Fsp3) is 0.700. The molecule has 0 spiro atoms. The summed E-state index contributed by atoms with van der Waals surface area (Å²) in [5.74, 6) is -0.363. The Morgan fingerprint density at radius 3 is 3.07 bits per heavy atom. The van der Waals surface area contributed by atoms with Crippen LogP contribution in [0, 0.1) is 0 Å². The Hall–Kier alpha value is -0.870. The minimum absolute atomic E-state index is 0.106. The van der Waals surface area contributed by atoms with Gasteiger partial charge in [-0.05, 0) is 19.3 Å². The van der Waals surface area contributed by atoms with Gasteiger partial charge in [0.15, 0.2) is 6.29 Å². The van der Waals surface area contributed by atoms with Gasteiger partial charge in [0.25, 0.3) is 0 Å². The summed E-state index contributed by atoms with van der Waals surface area (Å²) < 4.78 is 15.1. The van der Waals surface area contributed by atoms with Crippen LogP contribution in [0.25, 0.3) is 0 Å². The van der Waals surface area contributed by atoms with Crippen LogP contribution in [-0.4, -0.2) is 32.6 Å². The van der Waals surface area contributed by atoms with Gasteiger partial charge in [-0.1, -0.05) is 6.08 Å². The van der Waals surface area contributed by atoms with Crippen molar-refractivity contribution in [3.8, 4) is 0 Å². The molecule has 4 heteroatoms. The average molecular weight is 200 g/mol. The molecule has 1 saturated heterocycles. The van der Waals surface area contributed by atoms with Gasteiger partial charge in [-0.3, -0.25) is 0 Å². The molecule has 0 aliphatic carbocycles. The van der Waals surface area contributed by atoms with Crippen LogP contribution in [0.5, 0.6) is 0 Å². The Kier molecular flexibility index (Phi) is 5.25. The molecule has 1 fully saturated rings. The molecule has 0 N–H and O–H groups in total. The maximum absolute atomic E-state index is 10.7. The predicted octanol–water partition coefficient (Wildman–Crippen LogP) is 1.26. The molecule has 1 aliphatic heterocycles. The van der Waals surface area contributed by atoms with Crippen molar-refractivity contribution in [1.82, 2.24) is 0 Å². The molecule has 80 valence electrons. The maximum Gasteiger partial charge on any atom is 0.330 e. The van der Waals surface area contributed by atoms with Crippen molar-refractivity contribution in [2.75, 3.05) is 20.3 Å². The number of carbonyl (C=O) groups excluding carboxylic acids is 1. The number of methoxy groups -OCH3 is 1. The second-order valence-electron chi connectivity index (χ2n) is 3.05. The summed E-state index contributed by atoms with van der Waals surface area (Å²) in [6, 6.07) is 0. The molecule has 1 atom stereocenters. The van der Waals surface area contributed by atoms with Crippen LogP contribution in [0.15, 0.2) is 12.2 Å². The second kappa shape index (κ2) is 6.56. The molecular formula is C10H16O4. The highest BCUT2D eigenvalue weighted by Gasteiger charge is 2.12. The zero-order valence-electron chi connectivity index (χ0n) is 8.40. The third-order valence-corrected chi connectivity index (χ3v) is 1.97. The largest absolute Gasteiger partial charge is 0.466 e. The lowest BCUT2D eigenvalue weighted by atomic mass is 10.2. The third kappa shape index (κ3) is 4.39. The molecule has 0 radical (unpaired) electrons. The van der Waals surface area contributed by atoms with Gasteiger partial charge in [0.1, 0.15) is 0 Å². The van der Waals surface area contributed by atoms with Crippen molar-refractivity contribution in [2.24, 2.45) is 0 Å². The van der Waals surface area contributed by atoms with E-state index >= 15 is 0 Å². The van der Waals surface area contributed by atoms with Crippen LogP contribution in [-0.2, 0) is 19.0 Å². The normalized spacial score (nSPS) is 22.5. The van der Waals surface area contributed by atoms with Crippen molar-refractivity contribution in [2.45, 2.75) is 25.6 Å². The van der Waals surface area contributed by atoms with E-state index in [0.29, 0.717) is 6.61 Å². The van der Waals surface area contributed by atoms with Crippen LogP contribution in [0.2, 0.25) is 0 Å². The van der Waals surface area contributed by atoms with Gasteiger partial charge in [-0.2, -0.15) is 0 Å². The topological polar surface area (TPSA) is 44.8 Å². The van der Waals surface area contributed by atoms with Crippen molar-refractivity contribution < 1.29 is 19.0 Å². The van der Waals surface area contributed by atoms with E-state index in [1.165, 1.54) is 13.2 Å². The summed E-state index contributed by atoms with van der Waals surface area (Å²) in [6.07, 6.45) is 6.06. The van der Waals surface area contributed by atoms with E-state index in [0.717, 1.165) is 25.9 Å². The van der Waals surface area contributed by atoms with Crippen LogP contribution < -0.4 is 0 Å². The molecule has 1 aliphatic rings. The van der Waals surface area contributed by atoms with Crippen molar-refractivity contribution in [1.29, 1.82) is 0 Å². The number of ether oxygens (including phenoxy) is 3. The van der Waals surface area contributed by atoms with Gasteiger partial charge in [-0.25, -0.2) is 4.79 Å². The van der Waals surface area contributed by atoms with E-state index in [-0.39, 0.29) is 12.3 Å². The SMILES string of the molecule is COC(=O)C=CCOC1CCCCO1. The van der Waals surface area contributed by atoms with E-state index < -0.39 is 0 Å². The smallest absolute Gasteiger partial charge is 0.330 e. The number of hydrogen-bond acceptors (Lipinski definition) is 4. The number of rotatable bonds is 4. The van der Waals surface area contributed by atoms with Gasteiger partial charge in [0.2, 0.25) is 0 Å². The molecule has 1 rings (SSSR count). The Morgan fingerprint density at radius 2 is 2.43 bits per heavy atom. The van der Waals surface area contributed by atoms with Crippen molar-refractivity contribution in [3.05, 3.63) is 12.2 Å².